The van der Waals surface area contributed by atoms with E-state index in [2.05, 4.69) is 46.9 Å². The third kappa shape index (κ3) is 4.60. The van der Waals surface area contributed by atoms with Gasteiger partial charge in [-0.1, -0.05) is 18.1 Å². The van der Waals surface area contributed by atoms with E-state index in [0.717, 1.165) is 10.0 Å². The Kier molecular flexibility index (Phi) is 6.04. The zero-order valence-electron chi connectivity index (χ0n) is 15.7. The van der Waals surface area contributed by atoms with Crippen LogP contribution < -0.4 is 5.14 Å². The van der Waals surface area contributed by atoms with Gasteiger partial charge in [-0.05, 0) is 34.0 Å². The number of ether oxygens (including phenoxy) is 1. The summed E-state index contributed by atoms with van der Waals surface area (Å²) in [6.45, 7) is -0.558. The summed E-state index contributed by atoms with van der Waals surface area (Å²) in [7, 11) is -4.23. The number of hydrogen-bond donors (Lipinski definition) is 3. The van der Waals surface area contributed by atoms with Crippen LogP contribution in [0, 0.1) is 11.8 Å². The van der Waals surface area contributed by atoms with Crippen LogP contribution in [0.15, 0.2) is 41.4 Å². The second-order valence-electron chi connectivity index (χ2n) is 6.60. The zero-order chi connectivity index (χ0) is 22.2. The molecule has 1 aliphatic rings. The highest BCUT2D eigenvalue weighted by Gasteiger charge is 2.44. The van der Waals surface area contributed by atoms with Gasteiger partial charge in [0.2, 0.25) is 0 Å². The van der Waals surface area contributed by atoms with Crippen LogP contribution in [0.4, 0.5) is 0 Å². The van der Waals surface area contributed by atoms with Gasteiger partial charge in [0.1, 0.15) is 35.8 Å². The highest BCUT2D eigenvalue weighted by Crippen LogP contribution is 2.32. The van der Waals surface area contributed by atoms with Crippen molar-refractivity contribution < 1.29 is 27.6 Å². The van der Waals surface area contributed by atoms with E-state index < -0.39 is 41.5 Å². The van der Waals surface area contributed by atoms with E-state index in [9.17, 15) is 18.6 Å². The average Bonchev–Trinajstić information content (AvgIpc) is 3.27. The maximum absolute atomic E-state index is 11.0. The summed E-state index contributed by atoms with van der Waals surface area (Å²) in [6, 6.07) is 7.46. The molecule has 0 bridgehead atoms. The molecule has 13 heteroatoms. The summed E-state index contributed by atoms with van der Waals surface area (Å²) < 4.78 is 34.3. The smallest absolute Gasteiger partial charge is 0.333 e. The third-order valence-electron chi connectivity index (χ3n) is 4.56. The highest BCUT2D eigenvalue weighted by atomic mass is 79.9. The van der Waals surface area contributed by atoms with Crippen LogP contribution in [0.1, 0.15) is 17.5 Å². The van der Waals surface area contributed by atoms with Crippen molar-refractivity contribution in [2.24, 2.45) is 5.14 Å². The average molecular weight is 510 g/mol. The van der Waals surface area contributed by atoms with Crippen molar-refractivity contribution in [3.63, 3.8) is 0 Å². The first-order valence-electron chi connectivity index (χ1n) is 8.87. The topological polar surface area (TPSA) is 163 Å². The first-order valence-corrected chi connectivity index (χ1v) is 11.1. The van der Waals surface area contributed by atoms with E-state index in [1.807, 2.05) is 24.3 Å². The van der Waals surface area contributed by atoms with Crippen LogP contribution in [0.25, 0.3) is 11.2 Å². The van der Waals surface area contributed by atoms with Crippen LogP contribution in [0.5, 0.6) is 0 Å². The second-order valence-corrected chi connectivity index (χ2v) is 8.68. The number of imidazole rings is 1. The quantitative estimate of drug-likeness (QED) is 0.405. The van der Waals surface area contributed by atoms with E-state index in [1.54, 1.807) is 0 Å². The number of aromatic nitrogens is 4. The molecule has 1 aliphatic heterocycles. The van der Waals surface area contributed by atoms with Crippen LogP contribution in [-0.4, -0.2) is 63.1 Å². The van der Waals surface area contributed by atoms with Gasteiger partial charge in [0.15, 0.2) is 11.9 Å². The van der Waals surface area contributed by atoms with Gasteiger partial charge in [0.05, 0.1) is 12.9 Å². The summed E-state index contributed by atoms with van der Waals surface area (Å²) in [6.07, 6.45) is -2.37. The molecule has 1 saturated heterocycles. The molecule has 4 N–H and O–H groups in total. The Hall–Kier alpha value is -2.44. The lowest BCUT2D eigenvalue weighted by molar-refractivity contribution is -0.0467. The van der Waals surface area contributed by atoms with Crippen LogP contribution in [-0.2, 0) is 19.2 Å². The molecule has 31 heavy (non-hydrogen) atoms. The Bertz CT molecular complexity index is 1290. The molecule has 1 fully saturated rings. The number of halogens is 1. The fourth-order valence-corrected chi connectivity index (χ4v) is 3.79. The molecule has 0 radical (unpaired) electrons. The Morgan fingerprint density at radius 3 is 2.71 bits per heavy atom. The molecule has 2 aromatic heterocycles. The van der Waals surface area contributed by atoms with Gasteiger partial charge in [0.25, 0.3) is 0 Å². The molecule has 4 rings (SSSR count). The molecular formula is C18H16BrN5O6S. The van der Waals surface area contributed by atoms with E-state index in [-0.39, 0.29) is 0 Å². The summed E-state index contributed by atoms with van der Waals surface area (Å²) in [4.78, 5) is 12.6. The second kappa shape index (κ2) is 8.60. The normalized spacial score (nSPS) is 23.6. The first kappa shape index (κ1) is 21.8. The highest BCUT2D eigenvalue weighted by molar-refractivity contribution is 9.10. The van der Waals surface area contributed by atoms with Crippen LogP contribution >= 0.6 is 15.9 Å². The molecule has 0 amide bonds. The number of aliphatic hydroxyl groups excluding tert-OH is 2. The third-order valence-corrected chi connectivity index (χ3v) is 5.71. The monoisotopic (exact) mass is 509 g/mol. The minimum Gasteiger partial charge on any atom is -0.387 e. The summed E-state index contributed by atoms with van der Waals surface area (Å²) in [5, 5.41) is 25.4. The zero-order valence-corrected chi connectivity index (χ0v) is 18.1. The molecule has 1 aromatic carbocycles. The summed E-state index contributed by atoms with van der Waals surface area (Å²) in [5.41, 5.74) is 1.82. The Morgan fingerprint density at radius 1 is 1.19 bits per heavy atom. The van der Waals surface area contributed by atoms with Crippen molar-refractivity contribution in [3.8, 4) is 11.8 Å². The van der Waals surface area contributed by atoms with Gasteiger partial charge in [-0.15, -0.1) is 0 Å². The number of rotatable bonds is 4. The molecular weight excluding hydrogens is 494 g/mol. The van der Waals surface area contributed by atoms with Crippen molar-refractivity contribution in [2.75, 3.05) is 6.61 Å². The van der Waals surface area contributed by atoms with Gasteiger partial charge >= 0.3 is 10.3 Å². The lowest BCUT2D eigenvalue weighted by Gasteiger charge is -2.16. The lowest BCUT2D eigenvalue weighted by atomic mass is 10.1. The van der Waals surface area contributed by atoms with Crippen LogP contribution in [0.3, 0.4) is 0 Å². The maximum atomic E-state index is 11.0. The van der Waals surface area contributed by atoms with E-state index in [4.69, 9.17) is 9.88 Å². The molecule has 1 unspecified atom stereocenters. The largest absolute Gasteiger partial charge is 0.387 e. The molecule has 0 spiro atoms. The molecule has 4 atom stereocenters. The summed E-state index contributed by atoms with van der Waals surface area (Å²) >= 11 is 3.43. The summed E-state index contributed by atoms with van der Waals surface area (Å²) in [5.74, 6) is 5.97. The number of fused-ring (bicyclic) bond motifs is 1. The van der Waals surface area contributed by atoms with Crippen molar-refractivity contribution in [3.05, 3.63) is 52.7 Å². The molecule has 162 valence electrons. The number of aliphatic hydroxyl groups is 2. The van der Waals surface area contributed by atoms with Gasteiger partial charge in [0, 0.05) is 10.0 Å². The fraction of sp³-hybridized carbons (Fsp3) is 0.278. The number of nitrogens with zero attached hydrogens (tertiary/aromatic N) is 4. The van der Waals surface area contributed by atoms with Crippen molar-refractivity contribution in [1.29, 1.82) is 0 Å². The van der Waals surface area contributed by atoms with Gasteiger partial charge < -0.3 is 14.9 Å². The van der Waals surface area contributed by atoms with Crippen molar-refractivity contribution in [1.82, 2.24) is 19.5 Å². The van der Waals surface area contributed by atoms with Gasteiger partial charge in [-0.2, -0.15) is 8.42 Å². The predicted molar refractivity (Wildman–Crippen MR) is 110 cm³/mol. The number of hydrogen-bond acceptors (Lipinski definition) is 9. The molecule has 3 heterocycles. The molecule has 0 aliphatic carbocycles. The maximum Gasteiger partial charge on any atom is 0.333 e. The Balaban J connectivity index is 1.63. The Morgan fingerprint density at radius 2 is 1.97 bits per heavy atom. The minimum absolute atomic E-state index is 0.315. The van der Waals surface area contributed by atoms with E-state index in [1.165, 1.54) is 17.2 Å². The lowest BCUT2D eigenvalue weighted by Crippen LogP contribution is -2.35. The SMILES string of the molecule is NS(=O)(=O)OCC1O[C@@H](n2cnc3c(C#Cc4ccccc4Br)ncnc32)[C@H](O)[C@@H]1O. The fourth-order valence-electron chi connectivity index (χ4n) is 3.08. The number of benzene rings is 1. The minimum atomic E-state index is -4.23. The first-order chi connectivity index (χ1) is 14.7. The van der Waals surface area contributed by atoms with Crippen molar-refractivity contribution in [2.45, 2.75) is 24.5 Å². The Labute approximate surface area is 185 Å². The number of nitrogens with two attached hydrogens (primary N) is 1. The standard InChI is InChI=1S/C18H16BrN5O6S/c19-11-4-2-1-3-10(11)5-6-12-14-17(22-8-21-12)24(9-23-14)18-16(26)15(25)13(30-18)7-29-31(20,27)28/h1-4,8-9,13,15-16,18,25-26H,7H2,(H2,20,27,28)/t13?,15-,16-,18-/m1/s1. The molecule has 3 aromatic rings. The van der Waals surface area contributed by atoms with E-state index in [0.29, 0.717) is 16.9 Å². The molecule has 0 saturated carbocycles. The van der Waals surface area contributed by atoms with E-state index >= 15 is 0 Å². The van der Waals surface area contributed by atoms with Crippen molar-refractivity contribution >= 4 is 37.4 Å². The van der Waals surface area contributed by atoms with Gasteiger partial charge in [-0.3, -0.25) is 8.75 Å². The molecule has 11 nitrogen and oxygen atoms in total. The predicted octanol–water partition coefficient (Wildman–Crippen LogP) is -0.172. The van der Waals surface area contributed by atoms with Crippen LogP contribution in [0.2, 0.25) is 0 Å². The van der Waals surface area contributed by atoms with Gasteiger partial charge in [-0.25, -0.2) is 20.1 Å².